The van der Waals surface area contributed by atoms with Crippen molar-refractivity contribution in [2.24, 2.45) is 0 Å². The first-order chi connectivity index (χ1) is 12.7. The Kier molecular flexibility index (Phi) is 19.6. The topological polar surface area (TPSA) is 23.1 Å². The summed E-state index contributed by atoms with van der Waals surface area (Å²) in [7, 11) is 0. The minimum absolute atomic E-state index is 0.0128. The van der Waals surface area contributed by atoms with Crippen LogP contribution in [0.3, 0.4) is 0 Å². The molecule has 0 aliphatic rings. The second kappa shape index (κ2) is 19.7. The maximum absolute atomic E-state index is 12.1. The SMILES string of the molecule is CCCCCCCCCCCCCCCCCCCC[N+]([O-])(CC)CC. The first kappa shape index (κ1) is 25.9. The summed E-state index contributed by atoms with van der Waals surface area (Å²) < 4.78 is 0.0128. The summed E-state index contributed by atoms with van der Waals surface area (Å²) >= 11 is 0. The Bertz CT molecular complexity index is 263. The van der Waals surface area contributed by atoms with Gasteiger partial charge in [0, 0.05) is 0 Å². The standard InChI is InChI=1S/C24H51NO/c1-4-7-8-9-10-11-12-13-14-15-16-17-18-19-20-21-22-23-24-25(26,5-2)6-3/h4-24H2,1-3H3. The van der Waals surface area contributed by atoms with E-state index in [1.807, 2.05) is 13.8 Å². The predicted octanol–water partition coefficient (Wildman–Crippen LogP) is 8.38. The molecular formula is C24H51NO. The average molecular weight is 370 g/mol. The fourth-order valence-electron chi connectivity index (χ4n) is 3.84. The van der Waals surface area contributed by atoms with E-state index in [9.17, 15) is 5.21 Å². The summed E-state index contributed by atoms with van der Waals surface area (Å²) in [4.78, 5) is 0. The molecule has 0 saturated heterocycles. The highest BCUT2D eigenvalue weighted by atomic mass is 16.5. The molecule has 0 heterocycles. The van der Waals surface area contributed by atoms with Crippen LogP contribution in [0.5, 0.6) is 0 Å². The van der Waals surface area contributed by atoms with Crippen LogP contribution in [-0.4, -0.2) is 24.3 Å². The van der Waals surface area contributed by atoms with Gasteiger partial charge in [0.2, 0.25) is 0 Å². The second-order valence-electron chi connectivity index (χ2n) is 8.42. The molecule has 0 spiro atoms. The van der Waals surface area contributed by atoms with E-state index in [1.54, 1.807) is 0 Å². The normalized spacial score (nSPS) is 12.0. The molecule has 2 nitrogen and oxygen atoms in total. The zero-order valence-electron chi connectivity index (χ0n) is 18.7. The molecule has 0 N–H and O–H groups in total. The van der Waals surface area contributed by atoms with Crippen LogP contribution in [-0.2, 0) is 0 Å². The van der Waals surface area contributed by atoms with Crippen molar-refractivity contribution < 1.29 is 4.65 Å². The highest BCUT2D eigenvalue weighted by Gasteiger charge is 2.09. The third-order valence-corrected chi connectivity index (χ3v) is 6.07. The monoisotopic (exact) mass is 369 g/mol. The van der Waals surface area contributed by atoms with Crippen LogP contribution >= 0.6 is 0 Å². The van der Waals surface area contributed by atoms with Crippen LogP contribution in [0.25, 0.3) is 0 Å². The van der Waals surface area contributed by atoms with E-state index in [0.29, 0.717) is 0 Å². The van der Waals surface area contributed by atoms with Crippen LogP contribution in [0.4, 0.5) is 0 Å². The molecule has 0 amide bonds. The van der Waals surface area contributed by atoms with Gasteiger partial charge in [-0.2, -0.15) is 0 Å². The Hall–Kier alpha value is -0.0800. The van der Waals surface area contributed by atoms with Crippen molar-refractivity contribution in [3.63, 3.8) is 0 Å². The summed E-state index contributed by atoms with van der Waals surface area (Å²) in [6.07, 6.45) is 25.2. The molecule has 0 aliphatic heterocycles. The molecule has 0 aromatic heterocycles. The van der Waals surface area contributed by atoms with Gasteiger partial charge in [-0.05, 0) is 26.7 Å². The lowest BCUT2D eigenvalue weighted by molar-refractivity contribution is -0.877. The van der Waals surface area contributed by atoms with Crippen LogP contribution in [0.2, 0.25) is 0 Å². The molecular weight excluding hydrogens is 318 g/mol. The van der Waals surface area contributed by atoms with Gasteiger partial charge in [0.15, 0.2) is 0 Å². The van der Waals surface area contributed by atoms with Crippen LogP contribution < -0.4 is 0 Å². The highest BCUT2D eigenvalue weighted by molar-refractivity contribution is 4.51. The molecule has 0 unspecified atom stereocenters. The molecule has 0 aromatic carbocycles. The maximum atomic E-state index is 12.1. The molecule has 0 aromatic rings. The number of nitrogens with zero attached hydrogens (tertiary/aromatic N) is 1. The van der Waals surface area contributed by atoms with Gasteiger partial charge in [0.1, 0.15) is 0 Å². The van der Waals surface area contributed by atoms with Gasteiger partial charge in [-0.3, -0.25) is 0 Å². The lowest BCUT2D eigenvalue weighted by Crippen LogP contribution is -2.42. The maximum Gasteiger partial charge on any atom is 0.0783 e. The second-order valence-corrected chi connectivity index (χ2v) is 8.42. The van der Waals surface area contributed by atoms with Gasteiger partial charge >= 0.3 is 0 Å². The van der Waals surface area contributed by atoms with E-state index in [0.717, 1.165) is 26.1 Å². The van der Waals surface area contributed by atoms with Gasteiger partial charge in [0.05, 0.1) is 19.6 Å². The summed E-state index contributed by atoms with van der Waals surface area (Å²) in [6, 6.07) is 0. The number of hydrogen-bond acceptors (Lipinski definition) is 1. The zero-order chi connectivity index (χ0) is 19.3. The van der Waals surface area contributed by atoms with Crippen molar-refractivity contribution in [1.82, 2.24) is 0 Å². The molecule has 0 radical (unpaired) electrons. The van der Waals surface area contributed by atoms with Gasteiger partial charge in [0.25, 0.3) is 0 Å². The van der Waals surface area contributed by atoms with Gasteiger partial charge in [-0.15, -0.1) is 0 Å². The molecule has 0 bridgehead atoms. The van der Waals surface area contributed by atoms with Crippen molar-refractivity contribution in [2.45, 2.75) is 136 Å². The summed E-state index contributed by atoms with van der Waals surface area (Å²) in [6.45, 7) is 8.62. The molecule has 0 saturated carbocycles. The lowest BCUT2D eigenvalue weighted by atomic mass is 10.0. The summed E-state index contributed by atoms with van der Waals surface area (Å²) in [5, 5.41) is 12.1. The Labute approximate surface area is 166 Å². The lowest BCUT2D eigenvalue weighted by Gasteiger charge is -2.41. The van der Waals surface area contributed by atoms with E-state index >= 15 is 0 Å². The molecule has 0 rings (SSSR count). The van der Waals surface area contributed by atoms with E-state index < -0.39 is 0 Å². The Morgan fingerprint density at radius 1 is 0.423 bits per heavy atom. The Morgan fingerprint density at radius 3 is 0.962 bits per heavy atom. The van der Waals surface area contributed by atoms with Crippen LogP contribution in [0.15, 0.2) is 0 Å². The fraction of sp³-hybridized carbons (Fsp3) is 1.00. The van der Waals surface area contributed by atoms with E-state index in [1.165, 1.54) is 109 Å². The first-order valence-corrected chi connectivity index (χ1v) is 12.3. The van der Waals surface area contributed by atoms with Crippen LogP contribution in [0, 0.1) is 5.21 Å². The number of rotatable bonds is 21. The Balaban J connectivity index is 3.11. The predicted molar refractivity (Wildman–Crippen MR) is 118 cm³/mol. The molecule has 158 valence electrons. The Morgan fingerprint density at radius 2 is 0.692 bits per heavy atom. The van der Waals surface area contributed by atoms with Crippen molar-refractivity contribution in [3.8, 4) is 0 Å². The van der Waals surface area contributed by atoms with Gasteiger partial charge in [-0.1, -0.05) is 110 Å². The van der Waals surface area contributed by atoms with Gasteiger partial charge < -0.3 is 9.85 Å². The van der Waals surface area contributed by atoms with Crippen molar-refractivity contribution in [3.05, 3.63) is 5.21 Å². The third-order valence-electron chi connectivity index (χ3n) is 6.07. The first-order valence-electron chi connectivity index (χ1n) is 12.3. The van der Waals surface area contributed by atoms with E-state index in [-0.39, 0.29) is 4.65 Å². The minimum Gasteiger partial charge on any atom is -0.633 e. The molecule has 0 fully saturated rings. The van der Waals surface area contributed by atoms with Crippen molar-refractivity contribution >= 4 is 0 Å². The average Bonchev–Trinajstić information content (AvgIpc) is 2.66. The molecule has 0 atom stereocenters. The zero-order valence-corrected chi connectivity index (χ0v) is 18.7. The number of quaternary nitrogens is 1. The largest absolute Gasteiger partial charge is 0.633 e. The third kappa shape index (κ3) is 17.3. The molecule has 26 heavy (non-hydrogen) atoms. The minimum atomic E-state index is 0.0128. The van der Waals surface area contributed by atoms with Crippen LogP contribution in [0.1, 0.15) is 136 Å². The number of hydroxylamine groups is 3. The number of hydrogen-bond donors (Lipinski definition) is 0. The van der Waals surface area contributed by atoms with E-state index in [4.69, 9.17) is 0 Å². The van der Waals surface area contributed by atoms with Crippen molar-refractivity contribution in [1.29, 1.82) is 0 Å². The highest BCUT2D eigenvalue weighted by Crippen LogP contribution is 2.15. The smallest absolute Gasteiger partial charge is 0.0783 e. The molecule has 2 heteroatoms. The number of unbranched alkanes of at least 4 members (excludes halogenated alkanes) is 17. The van der Waals surface area contributed by atoms with E-state index in [2.05, 4.69) is 6.92 Å². The summed E-state index contributed by atoms with van der Waals surface area (Å²) in [5.74, 6) is 0. The molecule has 0 aliphatic carbocycles. The fourth-order valence-corrected chi connectivity index (χ4v) is 3.84. The van der Waals surface area contributed by atoms with Gasteiger partial charge in [-0.25, -0.2) is 0 Å². The quantitative estimate of drug-likeness (QED) is 0.113. The van der Waals surface area contributed by atoms with Crippen molar-refractivity contribution in [2.75, 3.05) is 19.6 Å². The summed E-state index contributed by atoms with van der Waals surface area (Å²) in [5.41, 5.74) is 0.